The maximum absolute atomic E-state index is 5.70. The van der Waals surface area contributed by atoms with Crippen LogP contribution in [0, 0.1) is 0 Å². The van der Waals surface area contributed by atoms with Gasteiger partial charge in [-0.05, 0) is 33.3 Å². The Morgan fingerprint density at radius 2 is 1.75 bits per heavy atom. The minimum atomic E-state index is 0.0365. The van der Waals surface area contributed by atoms with Gasteiger partial charge in [-0.3, -0.25) is 4.90 Å². The lowest BCUT2D eigenvalue weighted by Crippen LogP contribution is -2.48. The van der Waals surface area contributed by atoms with Crippen molar-refractivity contribution < 1.29 is 0 Å². The normalized spacial score (nSPS) is 12.4. The first-order chi connectivity index (χ1) is 7.50. The van der Waals surface area contributed by atoms with Gasteiger partial charge in [-0.2, -0.15) is 0 Å². The van der Waals surface area contributed by atoms with Gasteiger partial charge < -0.3 is 5.73 Å². The van der Waals surface area contributed by atoms with Crippen molar-refractivity contribution in [1.29, 1.82) is 0 Å². The Hall–Kier alpha value is -0.860. The number of benzene rings is 1. The average molecular weight is 220 g/mol. The summed E-state index contributed by atoms with van der Waals surface area (Å²) in [6.45, 7) is 10.6. The van der Waals surface area contributed by atoms with Gasteiger partial charge in [0.1, 0.15) is 0 Å². The summed E-state index contributed by atoms with van der Waals surface area (Å²) < 4.78 is 0. The fraction of sp³-hybridized carbons (Fsp3) is 0.571. The van der Waals surface area contributed by atoms with E-state index in [9.17, 15) is 0 Å². The van der Waals surface area contributed by atoms with E-state index >= 15 is 0 Å². The van der Waals surface area contributed by atoms with Gasteiger partial charge in [0, 0.05) is 24.7 Å². The first kappa shape index (κ1) is 13.2. The van der Waals surface area contributed by atoms with E-state index in [-0.39, 0.29) is 5.54 Å². The lowest BCUT2D eigenvalue weighted by Gasteiger charge is -2.41. The summed E-state index contributed by atoms with van der Waals surface area (Å²) in [4.78, 5) is 2.45. The van der Waals surface area contributed by atoms with Crippen LogP contribution < -0.4 is 5.73 Å². The van der Waals surface area contributed by atoms with Gasteiger partial charge in [0.25, 0.3) is 0 Å². The van der Waals surface area contributed by atoms with Gasteiger partial charge in [0.05, 0.1) is 0 Å². The molecule has 0 heterocycles. The third-order valence-corrected chi connectivity index (χ3v) is 3.19. The summed E-state index contributed by atoms with van der Waals surface area (Å²) in [5.41, 5.74) is 7.08. The van der Waals surface area contributed by atoms with Crippen molar-refractivity contribution in [2.75, 3.05) is 13.1 Å². The Morgan fingerprint density at radius 3 is 2.19 bits per heavy atom. The summed E-state index contributed by atoms with van der Waals surface area (Å²) >= 11 is 0. The van der Waals surface area contributed by atoms with Gasteiger partial charge in [-0.25, -0.2) is 0 Å². The Balaban J connectivity index is 2.98. The lowest BCUT2D eigenvalue weighted by molar-refractivity contribution is 0.0865. The van der Waals surface area contributed by atoms with E-state index in [0.29, 0.717) is 12.6 Å². The Kier molecular flexibility index (Phi) is 4.51. The molecule has 2 heteroatoms. The first-order valence-corrected chi connectivity index (χ1v) is 6.02. The van der Waals surface area contributed by atoms with E-state index in [1.165, 1.54) is 5.56 Å². The number of hydrogen-bond donors (Lipinski definition) is 1. The summed E-state index contributed by atoms with van der Waals surface area (Å²) in [6.07, 6.45) is 0. The molecule has 0 aromatic heterocycles. The summed E-state index contributed by atoms with van der Waals surface area (Å²) in [5.74, 6) is 0. The Morgan fingerprint density at radius 1 is 1.19 bits per heavy atom. The Labute approximate surface area is 99.5 Å². The van der Waals surface area contributed by atoms with Crippen molar-refractivity contribution in [3.05, 3.63) is 35.9 Å². The third kappa shape index (κ3) is 2.83. The van der Waals surface area contributed by atoms with Gasteiger partial charge in [0.15, 0.2) is 0 Å². The van der Waals surface area contributed by atoms with E-state index in [1.807, 2.05) is 0 Å². The predicted octanol–water partition coefficient (Wildman–Crippen LogP) is 2.59. The standard InChI is InChI=1S/C14H24N2/c1-12(2)16(11-10-15)14(3,4)13-8-6-5-7-9-13/h5-9,12H,10-11,15H2,1-4H3. The minimum Gasteiger partial charge on any atom is -0.329 e. The van der Waals surface area contributed by atoms with Crippen molar-refractivity contribution in [1.82, 2.24) is 4.90 Å². The van der Waals surface area contributed by atoms with Gasteiger partial charge in [0.2, 0.25) is 0 Å². The summed E-state index contributed by atoms with van der Waals surface area (Å²) in [7, 11) is 0. The zero-order valence-electron chi connectivity index (χ0n) is 10.9. The molecule has 16 heavy (non-hydrogen) atoms. The third-order valence-electron chi connectivity index (χ3n) is 3.19. The van der Waals surface area contributed by atoms with Crippen LogP contribution in [0.2, 0.25) is 0 Å². The van der Waals surface area contributed by atoms with Crippen molar-refractivity contribution in [3.8, 4) is 0 Å². The van der Waals surface area contributed by atoms with Gasteiger partial charge in [-0.1, -0.05) is 30.3 Å². The SMILES string of the molecule is CC(C)N(CCN)C(C)(C)c1ccccc1. The van der Waals surface area contributed by atoms with E-state index in [4.69, 9.17) is 5.73 Å². The van der Waals surface area contributed by atoms with Crippen LogP contribution in [-0.4, -0.2) is 24.0 Å². The van der Waals surface area contributed by atoms with Crippen molar-refractivity contribution in [3.63, 3.8) is 0 Å². The predicted molar refractivity (Wildman–Crippen MR) is 70.4 cm³/mol. The average Bonchev–Trinajstić information content (AvgIpc) is 2.26. The highest BCUT2D eigenvalue weighted by Crippen LogP contribution is 2.28. The molecule has 1 rings (SSSR count). The highest BCUT2D eigenvalue weighted by Gasteiger charge is 2.29. The molecular formula is C14H24N2. The van der Waals surface area contributed by atoms with Crippen LogP contribution in [0.4, 0.5) is 0 Å². The molecule has 0 saturated heterocycles. The largest absolute Gasteiger partial charge is 0.329 e. The van der Waals surface area contributed by atoms with E-state index in [2.05, 4.69) is 62.9 Å². The summed E-state index contributed by atoms with van der Waals surface area (Å²) in [5, 5.41) is 0. The molecule has 0 spiro atoms. The molecule has 0 saturated carbocycles. The summed E-state index contributed by atoms with van der Waals surface area (Å²) in [6, 6.07) is 11.1. The van der Waals surface area contributed by atoms with Crippen molar-refractivity contribution in [2.24, 2.45) is 5.73 Å². The van der Waals surface area contributed by atoms with E-state index < -0.39 is 0 Å². The highest BCUT2D eigenvalue weighted by molar-refractivity contribution is 5.23. The monoisotopic (exact) mass is 220 g/mol. The second-order valence-electron chi connectivity index (χ2n) is 5.00. The zero-order chi connectivity index (χ0) is 12.2. The number of nitrogens with zero attached hydrogens (tertiary/aromatic N) is 1. The molecule has 90 valence electrons. The van der Waals surface area contributed by atoms with Crippen LogP contribution in [-0.2, 0) is 5.54 Å². The maximum atomic E-state index is 5.70. The molecule has 0 unspecified atom stereocenters. The lowest BCUT2D eigenvalue weighted by atomic mass is 9.91. The van der Waals surface area contributed by atoms with Crippen LogP contribution in [0.3, 0.4) is 0 Å². The molecule has 1 aromatic rings. The number of hydrogen-bond acceptors (Lipinski definition) is 2. The second kappa shape index (κ2) is 5.46. The fourth-order valence-electron chi connectivity index (χ4n) is 2.33. The highest BCUT2D eigenvalue weighted by atomic mass is 15.2. The molecule has 0 fully saturated rings. The van der Waals surface area contributed by atoms with Crippen LogP contribution in [0.15, 0.2) is 30.3 Å². The number of rotatable bonds is 5. The molecule has 0 aliphatic rings. The molecule has 0 radical (unpaired) electrons. The Bertz CT molecular complexity index is 304. The van der Waals surface area contributed by atoms with Crippen LogP contribution >= 0.6 is 0 Å². The van der Waals surface area contributed by atoms with Crippen LogP contribution in [0.1, 0.15) is 33.3 Å². The number of nitrogens with two attached hydrogens (primary N) is 1. The van der Waals surface area contributed by atoms with Gasteiger partial charge >= 0.3 is 0 Å². The molecule has 1 aromatic carbocycles. The van der Waals surface area contributed by atoms with E-state index in [1.54, 1.807) is 0 Å². The van der Waals surface area contributed by atoms with Gasteiger partial charge in [-0.15, -0.1) is 0 Å². The van der Waals surface area contributed by atoms with Crippen LogP contribution in [0.5, 0.6) is 0 Å². The zero-order valence-corrected chi connectivity index (χ0v) is 10.9. The molecular weight excluding hydrogens is 196 g/mol. The topological polar surface area (TPSA) is 29.3 Å². The molecule has 2 N–H and O–H groups in total. The van der Waals surface area contributed by atoms with E-state index in [0.717, 1.165) is 6.54 Å². The van der Waals surface area contributed by atoms with Crippen molar-refractivity contribution in [2.45, 2.75) is 39.3 Å². The molecule has 0 aliphatic carbocycles. The molecule has 2 nitrogen and oxygen atoms in total. The van der Waals surface area contributed by atoms with Crippen molar-refractivity contribution >= 4 is 0 Å². The molecule has 0 amide bonds. The fourth-order valence-corrected chi connectivity index (χ4v) is 2.33. The molecule has 0 bridgehead atoms. The van der Waals surface area contributed by atoms with Crippen LogP contribution in [0.25, 0.3) is 0 Å². The first-order valence-electron chi connectivity index (χ1n) is 6.02. The quantitative estimate of drug-likeness (QED) is 0.826. The molecule has 0 atom stereocenters. The minimum absolute atomic E-state index is 0.0365. The molecule has 0 aliphatic heterocycles. The second-order valence-corrected chi connectivity index (χ2v) is 5.00. The smallest absolute Gasteiger partial charge is 0.0407 e. The maximum Gasteiger partial charge on any atom is 0.0407 e.